The molecule has 3 heteroatoms. The van der Waals surface area contributed by atoms with Crippen LogP contribution in [0.15, 0.2) is 24.3 Å². The third-order valence-corrected chi connectivity index (χ3v) is 4.61. The fraction of sp³-hybridized carbons (Fsp3) is 0.562. The van der Waals surface area contributed by atoms with Crippen LogP contribution in [-0.4, -0.2) is 29.6 Å². The topological polar surface area (TPSA) is 20.3 Å². The van der Waals surface area contributed by atoms with Gasteiger partial charge in [0.2, 0.25) is 5.91 Å². The summed E-state index contributed by atoms with van der Waals surface area (Å²) in [5.74, 6) is 2.51. The van der Waals surface area contributed by atoms with Crippen LogP contribution in [0.5, 0.6) is 0 Å². The molecular formula is C16H23NOS. The first-order valence-electron chi connectivity index (χ1n) is 7.06. The molecule has 0 spiro atoms. The van der Waals surface area contributed by atoms with Gasteiger partial charge >= 0.3 is 0 Å². The van der Waals surface area contributed by atoms with Gasteiger partial charge in [-0.05, 0) is 31.2 Å². The lowest BCUT2D eigenvalue weighted by molar-refractivity contribution is -0.130. The van der Waals surface area contributed by atoms with E-state index in [1.54, 1.807) is 11.8 Å². The van der Waals surface area contributed by atoms with E-state index in [1.165, 1.54) is 17.5 Å². The molecule has 2 rings (SSSR count). The van der Waals surface area contributed by atoms with Gasteiger partial charge in [-0.25, -0.2) is 0 Å². The average molecular weight is 277 g/mol. The maximum atomic E-state index is 12.1. The van der Waals surface area contributed by atoms with Gasteiger partial charge in [0.15, 0.2) is 0 Å². The van der Waals surface area contributed by atoms with Crippen molar-refractivity contribution in [1.29, 1.82) is 0 Å². The fourth-order valence-corrected chi connectivity index (χ4v) is 3.34. The van der Waals surface area contributed by atoms with Gasteiger partial charge in [-0.1, -0.05) is 36.8 Å². The van der Waals surface area contributed by atoms with Gasteiger partial charge in [0.25, 0.3) is 0 Å². The summed E-state index contributed by atoms with van der Waals surface area (Å²) in [6, 6.07) is 8.56. The molecule has 1 saturated heterocycles. The number of thioether (sulfide) groups is 1. The highest BCUT2D eigenvalue weighted by atomic mass is 32.2. The van der Waals surface area contributed by atoms with Crippen LogP contribution >= 0.6 is 11.8 Å². The van der Waals surface area contributed by atoms with Gasteiger partial charge in [-0.2, -0.15) is 0 Å². The number of hydrogen-bond donors (Lipinski definition) is 0. The molecule has 1 amide bonds. The minimum atomic E-state index is 0.309. The second kappa shape index (κ2) is 6.99. The van der Waals surface area contributed by atoms with Crippen molar-refractivity contribution in [3.8, 4) is 0 Å². The van der Waals surface area contributed by atoms with Gasteiger partial charge in [-0.15, -0.1) is 11.8 Å². The minimum absolute atomic E-state index is 0.309. The van der Waals surface area contributed by atoms with Crippen LogP contribution in [0.25, 0.3) is 0 Å². The van der Waals surface area contributed by atoms with E-state index in [9.17, 15) is 4.79 Å². The second-order valence-electron chi connectivity index (χ2n) is 5.57. The third-order valence-electron chi connectivity index (χ3n) is 3.62. The second-order valence-corrected chi connectivity index (χ2v) is 6.55. The Balaban J connectivity index is 1.73. The third kappa shape index (κ3) is 4.57. The van der Waals surface area contributed by atoms with E-state index in [1.807, 2.05) is 4.90 Å². The highest BCUT2D eigenvalue weighted by Crippen LogP contribution is 2.18. The van der Waals surface area contributed by atoms with E-state index >= 15 is 0 Å². The Kier molecular flexibility index (Phi) is 5.32. The zero-order chi connectivity index (χ0) is 13.7. The molecule has 1 atom stereocenters. The maximum absolute atomic E-state index is 12.1. The van der Waals surface area contributed by atoms with Gasteiger partial charge in [0, 0.05) is 18.8 Å². The lowest BCUT2D eigenvalue weighted by Gasteiger charge is -2.30. The average Bonchev–Trinajstić information content (AvgIpc) is 2.41. The minimum Gasteiger partial charge on any atom is -0.342 e. The molecule has 1 aromatic carbocycles. The molecule has 1 aliphatic heterocycles. The Morgan fingerprint density at radius 1 is 1.37 bits per heavy atom. The van der Waals surface area contributed by atoms with Crippen molar-refractivity contribution >= 4 is 17.7 Å². The zero-order valence-electron chi connectivity index (χ0n) is 11.9. The first-order valence-corrected chi connectivity index (χ1v) is 8.21. The summed E-state index contributed by atoms with van der Waals surface area (Å²) in [6.07, 6.45) is 2.43. The van der Waals surface area contributed by atoms with Gasteiger partial charge < -0.3 is 4.90 Å². The highest BCUT2D eigenvalue weighted by molar-refractivity contribution is 7.99. The summed E-state index contributed by atoms with van der Waals surface area (Å²) in [4.78, 5) is 14.1. The van der Waals surface area contributed by atoms with E-state index < -0.39 is 0 Å². The number of carbonyl (C=O) groups is 1. The summed E-state index contributed by atoms with van der Waals surface area (Å²) in [5, 5.41) is 0. The molecule has 1 fully saturated rings. The van der Waals surface area contributed by atoms with Crippen molar-refractivity contribution in [2.45, 2.75) is 32.4 Å². The first-order chi connectivity index (χ1) is 9.15. The Morgan fingerprint density at radius 3 is 2.79 bits per heavy atom. The van der Waals surface area contributed by atoms with E-state index in [2.05, 4.69) is 38.1 Å². The van der Waals surface area contributed by atoms with Crippen molar-refractivity contribution in [2.75, 3.05) is 18.8 Å². The van der Waals surface area contributed by atoms with Crippen LogP contribution in [0, 0.1) is 12.8 Å². The van der Waals surface area contributed by atoms with Crippen molar-refractivity contribution in [2.24, 2.45) is 5.92 Å². The molecule has 1 heterocycles. The largest absolute Gasteiger partial charge is 0.342 e. The molecule has 0 unspecified atom stereocenters. The Hall–Kier alpha value is -0.960. The molecule has 1 aliphatic rings. The van der Waals surface area contributed by atoms with Gasteiger partial charge in [-0.3, -0.25) is 4.79 Å². The smallest absolute Gasteiger partial charge is 0.232 e. The van der Waals surface area contributed by atoms with E-state index in [4.69, 9.17) is 0 Å². The predicted octanol–water partition coefficient (Wildman–Crippen LogP) is 3.49. The lowest BCUT2D eigenvalue weighted by atomic mass is 10.0. The number of aryl methyl sites for hydroxylation is 1. The summed E-state index contributed by atoms with van der Waals surface area (Å²) >= 11 is 1.72. The molecule has 0 aliphatic carbocycles. The van der Waals surface area contributed by atoms with Crippen molar-refractivity contribution in [3.63, 3.8) is 0 Å². The number of nitrogens with zero attached hydrogens (tertiary/aromatic N) is 1. The van der Waals surface area contributed by atoms with E-state index in [0.29, 0.717) is 17.6 Å². The van der Waals surface area contributed by atoms with Crippen molar-refractivity contribution < 1.29 is 4.79 Å². The Bertz CT molecular complexity index is 415. The standard InChI is InChI=1S/C16H23NOS/c1-13-5-7-15(8-6-13)11-19-12-16(18)17-9-3-4-14(2)10-17/h5-8,14H,3-4,9-12H2,1-2H3/t14-/m1/s1. The summed E-state index contributed by atoms with van der Waals surface area (Å²) in [5.41, 5.74) is 2.59. The predicted molar refractivity (Wildman–Crippen MR) is 82.3 cm³/mol. The van der Waals surface area contributed by atoms with Crippen LogP contribution < -0.4 is 0 Å². The quantitative estimate of drug-likeness (QED) is 0.839. The number of hydrogen-bond acceptors (Lipinski definition) is 2. The molecular weight excluding hydrogens is 254 g/mol. The van der Waals surface area contributed by atoms with Crippen LogP contribution in [0.4, 0.5) is 0 Å². The zero-order valence-corrected chi connectivity index (χ0v) is 12.7. The highest BCUT2D eigenvalue weighted by Gasteiger charge is 2.20. The Morgan fingerprint density at radius 2 is 2.11 bits per heavy atom. The molecule has 0 saturated carbocycles. The van der Waals surface area contributed by atoms with Crippen LogP contribution in [0.3, 0.4) is 0 Å². The molecule has 2 nitrogen and oxygen atoms in total. The molecule has 19 heavy (non-hydrogen) atoms. The number of benzene rings is 1. The fourth-order valence-electron chi connectivity index (χ4n) is 2.45. The molecule has 104 valence electrons. The van der Waals surface area contributed by atoms with Crippen molar-refractivity contribution in [3.05, 3.63) is 35.4 Å². The van der Waals surface area contributed by atoms with Gasteiger partial charge in [0.1, 0.15) is 0 Å². The number of piperidine rings is 1. The Labute approximate surface area is 120 Å². The SMILES string of the molecule is Cc1ccc(CSCC(=O)N2CCC[C@@H](C)C2)cc1. The maximum Gasteiger partial charge on any atom is 0.232 e. The normalized spacial score (nSPS) is 19.5. The molecule has 0 N–H and O–H groups in total. The summed E-state index contributed by atoms with van der Waals surface area (Å²) in [7, 11) is 0. The number of amides is 1. The van der Waals surface area contributed by atoms with E-state index in [0.717, 1.165) is 25.3 Å². The molecule has 0 radical (unpaired) electrons. The molecule has 0 aromatic heterocycles. The van der Waals surface area contributed by atoms with Crippen LogP contribution in [-0.2, 0) is 10.5 Å². The monoisotopic (exact) mass is 277 g/mol. The lowest BCUT2D eigenvalue weighted by Crippen LogP contribution is -2.40. The van der Waals surface area contributed by atoms with Crippen LogP contribution in [0.1, 0.15) is 30.9 Å². The summed E-state index contributed by atoms with van der Waals surface area (Å²) < 4.78 is 0. The molecule has 0 bridgehead atoms. The van der Waals surface area contributed by atoms with Crippen LogP contribution in [0.2, 0.25) is 0 Å². The molecule has 1 aromatic rings. The van der Waals surface area contributed by atoms with Gasteiger partial charge in [0.05, 0.1) is 5.75 Å². The first kappa shape index (κ1) is 14.4. The number of rotatable bonds is 4. The van der Waals surface area contributed by atoms with E-state index in [-0.39, 0.29) is 0 Å². The van der Waals surface area contributed by atoms with Crippen molar-refractivity contribution in [1.82, 2.24) is 4.90 Å². The number of carbonyl (C=O) groups excluding carboxylic acids is 1. The summed E-state index contributed by atoms with van der Waals surface area (Å²) in [6.45, 7) is 6.23. The number of likely N-dealkylation sites (tertiary alicyclic amines) is 1.